The minimum Gasteiger partial charge on any atom is -0.311 e. The summed E-state index contributed by atoms with van der Waals surface area (Å²) < 4.78 is 0. The summed E-state index contributed by atoms with van der Waals surface area (Å²) in [6.07, 6.45) is 3.63. The van der Waals surface area contributed by atoms with Gasteiger partial charge >= 0.3 is 0 Å². The Morgan fingerprint density at radius 1 is 1.50 bits per heavy atom. The fourth-order valence-electron chi connectivity index (χ4n) is 1.86. The van der Waals surface area contributed by atoms with Crippen LogP contribution in [-0.2, 0) is 0 Å². The molecular weight excluding hydrogens is 195 g/mol. The molecule has 2 aliphatic rings. The Morgan fingerprint density at radius 2 is 2.25 bits per heavy atom. The zero-order chi connectivity index (χ0) is 6.97. The van der Waals surface area contributed by atoms with Gasteiger partial charge in [-0.25, -0.2) is 0 Å². The molecule has 1 unspecified atom stereocenters. The van der Waals surface area contributed by atoms with Crippen LogP contribution >= 0.6 is 24.8 Å². The van der Waals surface area contributed by atoms with Crippen molar-refractivity contribution in [3.05, 3.63) is 11.6 Å². The van der Waals surface area contributed by atoms with E-state index in [1.165, 1.54) is 13.0 Å². The maximum absolute atomic E-state index is 3.38. The van der Waals surface area contributed by atoms with E-state index in [9.17, 15) is 0 Å². The van der Waals surface area contributed by atoms with Gasteiger partial charge in [-0.2, -0.15) is 0 Å². The van der Waals surface area contributed by atoms with Gasteiger partial charge in [0.15, 0.2) is 0 Å². The second-order valence-corrected chi connectivity index (χ2v) is 3.20. The van der Waals surface area contributed by atoms with E-state index in [1.807, 2.05) is 0 Å². The van der Waals surface area contributed by atoms with Crippen molar-refractivity contribution in [3.8, 4) is 0 Å². The normalized spacial score (nSPS) is 28.1. The van der Waals surface area contributed by atoms with Gasteiger partial charge in [-0.3, -0.25) is 4.90 Å². The van der Waals surface area contributed by atoms with Crippen molar-refractivity contribution in [3.63, 3.8) is 0 Å². The lowest BCUT2D eigenvalue weighted by Gasteiger charge is -2.28. The largest absolute Gasteiger partial charge is 0.311 e. The van der Waals surface area contributed by atoms with Gasteiger partial charge in [0.25, 0.3) is 0 Å². The molecule has 0 aliphatic carbocycles. The van der Waals surface area contributed by atoms with Crippen LogP contribution in [0.25, 0.3) is 0 Å². The van der Waals surface area contributed by atoms with E-state index in [1.54, 1.807) is 5.57 Å². The van der Waals surface area contributed by atoms with Crippen LogP contribution in [0.2, 0.25) is 0 Å². The molecule has 0 aromatic rings. The van der Waals surface area contributed by atoms with E-state index >= 15 is 0 Å². The van der Waals surface area contributed by atoms with Crippen molar-refractivity contribution in [2.24, 2.45) is 0 Å². The lowest BCUT2D eigenvalue weighted by atomic mass is 10.0. The van der Waals surface area contributed by atoms with Gasteiger partial charge in [0.05, 0.1) is 0 Å². The number of nitrogens with zero attached hydrogens (tertiary/aromatic N) is 1. The van der Waals surface area contributed by atoms with Crippen molar-refractivity contribution in [2.75, 3.05) is 26.7 Å². The third-order valence-electron chi connectivity index (χ3n) is 2.52. The molecule has 0 aromatic carbocycles. The van der Waals surface area contributed by atoms with Crippen LogP contribution in [0.15, 0.2) is 11.6 Å². The Bertz CT molecular complexity index is 170. The van der Waals surface area contributed by atoms with E-state index < -0.39 is 0 Å². The number of rotatable bonds is 0. The first kappa shape index (κ1) is 12.2. The summed E-state index contributed by atoms with van der Waals surface area (Å²) in [5, 5.41) is 3.38. The Balaban J connectivity index is 0.000000605. The summed E-state index contributed by atoms with van der Waals surface area (Å²) in [7, 11) is 2.21. The minimum atomic E-state index is 0. The predicted molar refractivity (Wildman–Crippen MR) is 56.5 cm³/mol. The smallest absolute Gasteiger partial charge is 0.0442 e. The van der Waals surface area contributed by atoms with Crippen LogP contribution in [0, 0.1) is 0 Å². The number of halogens is 2. The minimum absolute atomic E-state index is 0. The quantitative estimate of drug-likeness (QED) is 0.603. The molecular formula is C8H16Cl2N2. The Labute approximate surface area is 86.2 Å². The molecule has 1 fully saturated rings. The highest BCUT2D eigenvalue weighted by Crippen LogP contribution is 2.18. The molecule has 1 saturated heterocycles. The summed E-state index contributed by atoms with van der Waals surface area (Å²) in [5.41, 5.74) is 1.61. The fourth-order valence-corrected chi connectivity index (χ4v) is 1.86. The molecule has 0 aromatic heterocycles. The van der Waals surface area contributed by atoms with E-state index in [0.29, 0.717) is 6.04 Å². The summed E-state index contributed by atoms with van der Waals surface area (Å²) in [6.45, 7) is 3.51. The van der Waals surface area contributed by atoms with Crippen molar-refractivity contribution in [2.45, 2.75) is 12.5 Å². The van der Waals surface area contributed by atoms with Crippen molar-refractivity contribution in [1.82, 2.24) is 10.2 Å². The number of nitrogens with one attached hydrogen (secondary N) is 1. The number of hydrogen-bond donors (Lipinski definition) is 1. The SMILES string of the molecule is CN1CCC=C2CNCC21.Cl.Cl. The lowest BCUT2D eigenvalue weighted by molar-refractivity contribution is 0.278. The maximum Gasteiger partial charge on any atom is 0.0442 e. The summed E-state index contributed by atoms with van der Waals surface area (Å²) in [5.74, 6) is 0. The van der Waals surface area contributed by atoms with Gasteiger partial charge in [0.1, 0.15) is 0 Å². The highest BCUT2D eigenvalue weighted by atomic mass is 35.5. The third kappa shape index (κ3) is 2.13. The van der Waals surface area contributed by atoms with E-state index in [2.05, 4.69) is 23.3 Å². The zero-order valence-electron chi connectivity index (χ0n) is 7.25. The standard InChI is InChI=1S/C8H14N2.2ClH/c1-10-4-2-3-7-5-9-6-8(7)10;;/h3,8-9H,2,4-6H2,1H3;2*1H. The van der Waals surface area contributed by atoms with Gasteiger partial charge in [-0.15, -0.1) is 24.8 Å². The molecule has 2 rings (SSSR count). The van der Waals surface area contributed by atoms with Crippen LogP contribution in [-0.4, -0.2) is 37.6 Å². The topological polar surface area (TPSA) is 15.3 Å². The second kappa shape index (κ2) is 5.07. The van der Waals surface area contributed by atoms with Gasteiger partial charge in [0, 0.05) is 25.7 Å². The molecule has 1 atom stereocenters. The second-order valence-electron chi connectivity index (χ2n) is 3.20. The monoisotopic (exact) mass is 210 g/mol. The highest BCUT2D eigenvalue weighted by Gasteiger charge is 2.25. The van der Waals surface area contributed by atoms with Crippen molar-refractivity contribution in [1.29, 1.82) is 0 Å². The molecule has 0 radical (unpaired) electrons. The van der Waals surface area contributed by atoms with Crippen molar-refractivity contribution >= 4 is 24.8 Å². The first-order chi connectivity index (χ1) is 4.88. The van der Waals surface area contributed by atoms with Gasteiger partial charge in [-0.1, -0.05) is 6.08 Å². The maximum atomic E-state index is 3.38. The third-order valence-corrected chi connectivity index (χ3v) is 2.52. The molecule has 12 heavy (non-hydrogen) atoms. The Morgan fingerprint density at radius 3 is 2.92 bits per heavy atom. The predicted octanol–water partition coefficient (Wildman–Crippen LogP) is 1.06. The average Bonchev–Trinajstić information content (AvgIpc) is 2.36. The van der Waals surface area contributed by atoms with Gasteiger partial charge < -0.3 is 5.32 Å². The van der Waals surface area contributed by atoms with Gasteiger partial charge in [0.2, 0.25) is 0 Å². The molecule has 0 spiro atoms. The fraction of sp³-hybridized carbons (Fsp3) is 0.750. The molecule has 0 bridgehead atoms. The number of fused-ring (bicyclic) bond motifs is 1. The average molecular weight is 211 g/mol. The summed E-state index contributed by atoms with van der Waals surface area (Å²) in [4.78, 5) is 2.44. The van der Waals surface area contributed by atoms with Crippen LogP contribution in [0.4, 0.5) is 0 Å². The Kier molecular flexibility index (Phi) is 5.18. The van der Waals surface area contributed by atoms with E-state index in [0.717, 1.165) is 13.1 Å². The van der Waals surface area contributed by atoms with Crippen LogP contribution < -0.4 is 5.32 Å². The molecule has 0 saturated carbocycles. The van der Waals surface area contributed by atoms with Crippen LogP contribution in [0.3, 0.4) is 0 Å². The number of likely N-dealkylation sites (N-methyl/N-ethyl adjacent to an activating group) is 1. The highest BCUT2D eigenvalue weighted by molar-refractivity contribution is 5.85. The molecule has 72 valence electrons. The molecule has 1 N–H and O–H groups in total. The van der Waals surface area contributed by atoms with Crippen LogP contribution in [0.1, 0.15) is 6.42 Å². The molecule has 2 heterocycles. The van der Waals surface area contributed by atoms with E-state index in [4.69, 9.17) is 0 Å². The lowest BCUT2D eigenvalue weighted by Crippen LogP contribution is -2.37. The van der Waals surface area contributed by atoms with E-state index in [-0.39, 0.29) is 24.8 Å². The zero-order valence-corrected chi connectivity index (χ0v) is 8.88. The van der Waals surface area contributed by atoms with Crippen LogP contribution in [0.5, 0.6) is 0 Å². The molecule has 2 nitrogen and oxygen atoms in total. The first-order valence-corrected chi connectivity index (χ1v) is 3.98. The van der Waals surface area contributed by atoms with Crippen molar-refractivity contribution < 1.29 is 0 Å². The summed E-state index contributed by atoms with van der Waals surface area (Å²) >= 11 is 0. The number of hydrogen-bond acceptors (Lipinski definition) is 2. The summed E-state index contributed by atoms with van der Waals surface area (Å²) in [6, 6.07) is 0.716. The molecule has 4 heteroatoms. The first-order valence-electron chi connectivity index (χ1n) is 3.98. The molecule has 2 aliphatic heterocycles. The molecule has 0 amide bonds. The Hall–Kier alpha value is 0.240. The van der Waals surface area contributed by atoms with Gasteiger partial charge in [-0.05, 0) is 19.0 Å².